The number of nitrogens with zero attached hydrogens (tertiary/aromatic N) is 3. The van der Waals surface area contributed by atoms with Crippen LogP contribution < -0.4 is 0 Å². The Morgan fingerprint density at radius 3 is 2.04 bits per heavy atom. The largest absolute Gasteiger partial charge is 0.480 e. The fraction of sp³-hybridized carbons (Fsp3) is 0.487. The fourth-order valence-electron chi connectivity index (χ4n) is 7.04. The molecule has 2 aliphatic rings. The third-order valence-electron chi connectivity index (χ3n) is 10.0. The molecule has 1 aromatic heterocycles. The number of benzene rings is 2. The molecule has 1 amide bonds. The summed E-state index contributed by atoms with van der Waals surface area (Å²) in [6, 6.07) is 15.7. The van der Waals surface area contributed by atoms with E-state index in [1.165, 1.54) is 61.0 Å². The first-order valence-corrected chi connectivity index (χ1v) is 16.8. The summed E-state index contributed by atoms with van der Waals surface area (Å²) in [5.74, 6) is 2.09. The molecule has 2 aromatic carbocycles. The van der Waals surface area contributed by atoms with Crippen LogP contribution in [0.25, 0.3) is 17.0 Å². The van der Waals surface area contributed by atoms with Gasteiger partial charge in [-0.25, -0.2) is 9.97 Å². The number of carbonyl (C=O) groups is 2. The van der Waals surface area contributed by atoms with E-state index >= 15 is 0 Å². The molecular weight excluding hydrogens is 558 g/mol. The molecule has 1 heterocycles. The number of carboxylic acid groups (broad SMARTS) is 1. The molecule has 0 radical (unpaired) electrons. The third kappa shape index (κ3) is 8.68. The van der Waals surface area contributed by atoms with Crippen LogP contribution in [0.5, 0.6) is 0 Å². The average Bonchev–Trinajstić information content (AvgIpc) is 3.05. The van der Waals surface area contributed by atoms with Gasteiger partial charge in [-0.15, -0.1) is 0 Å². The molecule has 1 unspecified atom stereocenters. The van der Waals surface area contributed by atoms with Crippen LogP contribution in [-0.2, 0) is 28.0 Å². The predicted octanol–water partition coefficient (Wildman–Crippen LogP) is 8.50. The minimum Gasteiger partial charge on any atom is -0.480 e. The summed E-state index contributed by atoms with van der Waals surface area (Å²) in [5.41, 5.74) is 6.32. The van der Waals surface area contributed by atoms with Crippen molar-refractivity contribution >= 4 is 17.4 Å². The van der Waals surface area contributed by atoms with Crippen LogP contribution in [0, 0.1) is 17.8 Å². The number of amides is 1. The minimum absolute atomic E-state index is 0.0287. The third-order valence-corrected chi connectivity index (χ3v) is 10.0. The van der Waals surface area contributed by atoms with Gasteiger partial charge < -0.3 is 10.0 Å². The van der Waals surface area contributed by atoms with Gasteiger partial charge in [-0.3, -0.25) is 9.59 Å². The molecule has 238 valence electrons. The number of allylic oxidation sites excluding steroid dienone is 2. The van der Waals surface area contributed by atoms with Crippen molar-refractivity contribution in [3.05, 3.63) is 89.3 Å². The molecule has 1 fully saturated rings. The molecule has 1 saturated carbocycles. The molecule has 5 rings (SSSR count). The topological polar surface area (TPSA) is 83.4 Å². The summed E-state index contributed by atoms with van der Waals surface area (Å²) in [6.07, 6.45) is 17.0. The van der Waals surface area contributed by atoms with Crippen LogP contribution in [0.2, 0.25) is 0 Å². The van der Waals surface area contributed by atoms with Crippen molar-refractivity contribution in [3.8, 4) is 11.4 Å². The fourth-order valence-corrected chi connectivity index (χ4v) is 7.04. The summed E-state index contributed by atoms with van der Waals surface area (Å²) < 4.78 is 0. The van der Waals surface area contributed by atoms with Gasteiger partial charge in [-0.2, -0.15) is 0 Å². The molecule has 3 aromatic rings. The minimum atomic E-state index is -1.03. The molecule has 0 saturated heterocycles. The Kier molecular flexibility index (Phi) is 10.5. The maximum atomic E-state index is 13.1. The van der Waals surface area contributed by atoms with E-state index in [4.69, 9.17) is 0 Å². The maximum Gasteiger partial charge on any atom is 0.323 e. The van der Waals surface area contributed by atoms with Crippen LogP contribution in [0.4, 0.5) is 0 Å². The van der Waals surface area contributed by atoms with E-state index in [0.29, 0.717) is 5.82 Å². The van der Waals surface area contributed by atoms with E-state index in [-0.39, 0.29) is 30.8 Å². The SMILES string of the molecule is CCC1CCC(C2CC=C(c3cnc(-c4ccc(CN(CC(=O)O)C(=O)Cc5ccc(C(C)(C)C)cc5)cc4)nc3)CC2)CC1. The lowest BCUT2D eigenvalue weighted by Crippen LogP contribution is -2.36. The molecule has 2 aliphatic carbocycles. The molecule has 6 nitrogen and oxygen atoms in total. The maximum absolute atomic E-state index is 13.1. The van der Waals surface area contributed by atoms with Crippen molar-refractivity contribution in [2.24, 2.45) is 17.8 Å². The second kappa shape index (κ2) is 14.5. The second-order valence-corrected chi connectivity index (χ2v) is 14.2. The molecule has 1 atom stereocenters. The van der Waals surface area contributed by atoms with Gasteiger partial charge in [0.1, 0.15) is 6.54 Å². The van der Waals surface area contributed by atoms with Gasteiger partial charge in [0.05, 0.1) is 6.42 Å². The number of carboxylic acids is 1. The van der Waals surface area contributed by atoms with Crippen molar-refractivity contribution in [1.82, 2.24) is 14.9 Å². The Morgan fingerprint density at radius 1 is 0.844 bits per heavy atom. The highest BCUT2D eigenvalue weighted by Gasteiger charge is 2.28. The second-order valence-electron chi connectivity index (χ2n) is 14.2. The number of aliphatic carboxylic acids is 1. The van der Waals surface area contributed by atoms with Crippen LogP contribution >= 0.6 is 0 Å². The lowest BCUT2D eigenvalue weighted by Gasteiger charge is -2.35. The first-order valence-electron chi connectivity index (χ1n) is 16.8. The quantitative estimate of drug-likeness (QED) is 0.250. The van der Waals surface area contributed by atoms with Gasteiger partial charge in [-0.1, -0.05) is 102 Å². The molecular formula is C39H49N3O3. The van der Waals surface area contributed by atoms with Crippen molar-refractivity contribution in [3.63, 3.8) is 0 Å². The number of carbonyl (C=O) groups excluding carboxylic acids is 1. The zero-order valence-electron chi connectivity index (χ0n) is 27.5. The van der Waals surface area contributed by atoms with E-state index in [1.54, 1.807) is 0 Å². The van der Waals surface area contributed by atoms with Gasteiger partial charge in [0, 0.05) is 30.1 Å². The van der Waals surface area contributed by atoms with Gasteiger partial charge in [0.25, 0.3) is 0 Å². The lowest BCUT2D eigenvalue weighted by atomic mass is 9.71. The van der Waals surface area contributed by atoms with Gasteiger partial charge in [0.2, 0.25) is 5.91 Å². The Morgan fingerprint density at radius 2 is 1.49 bits per heavy atom. The van der Waals surface area contributed by atoms with Crippen molar-refractivity contribution in [1.29, 1.82) is 0 Å². The lowest BCUT2D eigenvalue weighted by molar-refractivity contribution is -0.144. The van der Waals surface area contributed by atoms with Crippen LogP contribution in [0.1, 0.15) is 101 Å². The van der Waals surface area contributed by atoms with E-state index < -0.39 is 5.97 Å². The Labute approximate surface area is 269 Å². The first kappa shape index (κ1) is 32.6. The van der Waals surface area contributed by atoms with Crippen molar-refractivity contribution in [2.75, 3.05) is 6.54 Å². The number of rotatable bonds is 10. The van der Waals surface area contributed by atoms with Gasteiger partial charge in [0.15, 0.2) is 5.82 Å². The number of hydrogen-bond acceptors (Lipinski definition) is 4. The summed E-state index contributed by atoms with van der Waals surface area (Å²) >= 11 is 0. The molecule has 1 N–H and O–H groups in total. The summed E-state index contributed by atoms with van der Waals surface area (Å²) in [7, 11) is 0. The average molecular weight is 608 g/mol. The standard InChI is InChI=1S/C39H49N3O3/c1-5-27-6-12-30(13-7-27)31-16-18-32(19-17-31)34-23-40-38(41-24-34)33-14-8-29(9-15-33)25-42(26-37(44)45)36(43)22-28-10-20-35(21-11-28)39(2,3)4/h8-11,14-15,18,20-21,23-24,27,30-31H,5-7,12-13,16-17,19,22,25-26H2,1-4H3,(H,44,45). The van der Waals surface area contributed by atoms with Crippen molar-refractivity contribution < 1.29 is 14.7 Å². The summed E-state index contributed by atoms with van der Waals surface area (Å²) in [5, 5.41) is 9.49. The first-order chi connectivity index (χ1) is 21.6. The van der Waals surface area contributed by atoms with E-state index in [1.807, 2.05) is 60.9 Å². The zero-order chi connectivity index (χ0) is 32.0. The van der Waals surface area contributed by atoms with Crippen LogP contribution in [0.3, 0.4) is 0 Å². The van der Waals surface area contributed by atoms with Crippen molar-refractivity contribution in [2.45, 2.75) is 97.4 Å². The van der Waals surface area contributed by atoms with E-state index in [0.717, 1.165) is 46.4 Å². The van der Waals surface area contributed by atoms with Gasteiger partial charge in [-0.05, 0) is 77.5 Å². The normalized spacial score (nSPS) is 20.4. The Hall–Kier alpha value is -3.80. The molecule has 45 heavy (non-hydrogen) atoms. The number of aromatic nitrogens is 2. The summed E-state index contributed by atoms with van der Waals surface area (Å²) in [4.78, 5) is 35.5. The van der Waals surface area contributed by atoms with E-state index in [9.17, 15) is 14.7 Å². The molecule has 6 heteroatoms. The highest BCUT2D eigenvalue weighted by molar-refractivity contribution is 5.83. The monoisotopic (exact) mass is 607 g/mol. The highest BCUT2D eigenvalue weighted by Crippen LogP contribution is 2.41. The number of hydrogen-bond donors (Lipinski definition) is 1. The molecule has 0 spiro atoms. The summed E-state index contributed by atoms with van der Waals surface area (Å²) in [6.45, 7) is 8.66. The predicted molar refractivity (Wildman–Crippen MR) is 180 cm³/mol. The van der Waals surface area contributed by atoms with Gasteiger partial charge >= 0.3 is 5.97 Å². The van der Waals surface area contributed by atoms with Crippen LogP contribution in [-0.4, -0.2) is 38.4 Å². The highest BCUT2D eigenvalue weighted by atomic mass is 16.4. The Balaban J connectivity index is 1.18. The zero-order valence-corrected chi connectivity index (χ0v) is 27.5. The van der Waals surface area contributed by atoms with E-state index in [2.05, 4.69) is 43.7 Å². The molecule has 0 bridgehead atoms. The smallest absolute Gasteiger partial charge is 0.323 e. The Bertz CT molecular complexity index is 1460. The van der Waals surface area contributed by atoms with Crippen LogP contribution in [0.15, 0.2) is 67.0 Å². The molecule has 0 aliphatic heterocycles.